The van der Waals surface area contributed by atoms with Crippen molar-refractivity contribution in [2.75, 3.05) is 24.5 Å². The second kappa shape index (κ2) is 10.6. The maximum atomic E-state index is 4.49. The number of hydrogen-bond acceptors (Lipinski definition) is 3. The van der Waals surface area contributed by atoms with Gasteiger partial charge in [0.15, 0.2) is 0 Å². The Morgan fingerprint density at radius 3 is 2.29 bits per heavy atom. The van der Waals surface area contributed by atoms with E-state index in [9.17, 15) is 0 Å². The van der Waals surface area contributed by atoms with Crippen molar-refractivity contribution in [3.8, 4) is 0 Å². The number of rotatable bonds is 11. The van der Waals surface area contributed by atoms with Gasteiger partial charge in [-0.15, -0.1) is 0 Å². The van der Waals surface area contributed by atoms with Crippen LogP contribution < -0.4 is 10.2 Å². The molecule has 1 aromatic heterocycles. The molecule has 0 amide bonds. The molecule has 0 fully saturated rings. The van der Waals surface area contributed by atoms with Crippen LogP contribution in [0.15, 0.2) is 12.3 Å². The molecular formula is C18H33N3. The fraction of sp³-hybridized carbons (Fsp3) is 0.722. The van der Waals surface area contributed by atoms with Crippen molar-refractivity contribution >= 4 is 5.69 Å². The third kappa shape index (κ3) is 6.47. The molecule has 0 aliphatic carbocycles. The minimum Gasteiger partial charge on any atom is -0.371 e. The maximum absolute atomic E-state index is 4.49. The highest BCUT2D eigenvalue weighted by molar-refractivity contribution is 5.53. The van der Waals surface area contributed by atoms with Gasteiger partial charge in [0.2, 0.25) is 0 Å². The highest BCUT2D eigenvalue weighted by Gasteiger charge is 2.11. The van der Waals surface area contributed by atoms with Gasteiger partial charge in [-0.3, -0.25) is 4.98 Å². The zero-order chi connectivity index (χ0) is 15.5. The van der Waals surface area contributed by atoms with Gasteiger partial charge in [0.05, 0.1) is 0 Å². The number of nitrogens with one attached hydrogen (secondary N) is 1. The molecule has 3 nitrogen and oxygen atoms in total. The summed E-state index contributed by atoms with van der Waals surface area (Å²) >= 11 is 0. The number of pyridine rings is 1. The van der Waals surface area contributed by atoms with Gasteiger partial charge in [0.25, 0.3) is 0 Å². The summed E-state index contributed by atoms with van der Waals surface area (Å²) in [5.74, 6) is 0. The predicted molar refractivity (Wildman–Crippen MR) is 93.0 cm³/mol. The Hall–Kier alpha value is -1.09. The van der Waals surface area contributed by atoms with Crippen molar-refractivity contribution in [3.05, 3.63) is 23.5 Å². The molecule has 21 heavy (non-hydrogen) atoms. The second-order valence-electron chi connectivity index (χ2n) is 5.83. The standard InChI is InChI=1S/C18H33N3/c1-5-8-11-21(12-9-6-2)18-13-16(4)20-15-17(18)14-19-10-7-3/h13,15,19H,5-12,14H2,1-4H3. The van der Waals surface area contributed by atoms with Gasteiger partial charge >= 0.3 is 0 Å². The van der Waals surface area contributed by atoms with E-state index in [1.165, 1.54) is 43.4 Å². The van der Waals surface area contributed by atoms with Crippen LogP contribution in [0.4, 0.5) is 5.69 Å². The normalized spacial score (nSPS) is 10.9. The van der Waals surface area contributed by atoms with Crippen LogP contribution in [0, 0.1) is 6.92 Å². The van der Waals surface area contributed by atoms with Crippen molar-refractivity contribution < 1.29 is 0 Å². The maximum Gasteiger partial charge on any atom is 0.0445 e. The first-order chi connectivity index (χ1) is 10.2. The van der Waals surface area contributed by atoms with Gasteiger partial charge in [-0.2, -0.15) is 0 Å². The van der Waals surface area contributed by atoms with E-state index in [1.807, 2.05) is 0 Å². The summed E-state index contributed by atoms with van der Waals surface area (Å²) in [5.41, 5.74) is 3.83. The lowest BCUT2D eigenvalue weighted by atomic mass is 10.1. The number of nitrogens with zero attached hydrogens (tertiary/aromatic N) is 2. The number of anilines is 1. The van der Waals surface area contributed by atoms with E-state index in [0.717, 1.165) is 31.9 Å². The van der Waals surface area contributed by atoms with E-state index in [2.05, 4.69) is 55.2 Å². The molecule has 0 radical (unpaired) electrons. The highest BCUT2D eigenvalue weighted by Crippen LogP contribution is 2.22. The summed E-state index contributed by atoms with van der Waals surface area (Å²) < 4.78 is 0. The zero-order valence-electron chi connectivity index (χ0n) is 14.4. The molecule has 120 valence electrons. The van der Waals surface area contributed by atoms with E-state index < -0.39 is 0 Å². The lowest BCUT2D eigenvalue weighted by molar-refractivity contribution is 0.653. The quantitative estimate of drug-likeness (QED) is 0.616. The van der Waals surface area contributed by atoms with E-state index in [4.69, 9.17) is 0 Å². The first kappa shape index (κ1) is 18.0. The van der Waals surface area contributed by atoms with Crippen molar-refractivity contribution in [1.82, 2.24) is 10.3 Å². The summed E-state index contributed by atoms with van der Waals surface area (Å²) in [6.07, 6.45) is 8.23. The molecule has 1 heterocycles. The average molecular weight is 291 g/mol. The molecule has 0 aliphatic heterocycles. The summed E-state index contributed by atoms with van der Waals surface area (Å²) in [4.78, 5) is 7.05. The first-order valence-electron chi connectivity index (χ1n) is 8.64. The Morgan fingerprint density at radius 2 is 1.71 bits per heavy atom. The smallest absolute Gasteiger partial charge is 0.0445 e. The van der Waals surface area contributed by atoms with Crippen molar-refractivity contribution in [2.24, 2.45) is 0 Å². The van der Waals surface area contributed by atoms with E-state index >= 15 is 0 Å². The average Bonchev–Trinajstić information content (AvgIpc) is 2.49. The van der Waals surface area contributed by atoms with Crippen LogP contribution in [0.25, 0.3) is 0 Å². The molecule has 1 aromatic rings. The zero-order valence-corrected chi connectivity index (χ0v) is 14.4. The lowest BCUT2D eigenvalue weighted by Gasteiger charge is -2.27. The minimum atomic E-state index is 0.922. The number of hydrogen-bond donors (Lipinski definition) is 1. The number of unbranched alkanes of at least 4 members (excludes halogenated alkanes) is 2. The third-order valence-corrected chi connectivity index (χ3v) is 3.74. The Bertz CT molecular complexity index is 382. The molecule has 0 atom stereocenters. The van der Waals surface area contributed by atoms with Gasteiger partial charge in [-0.25, -0.2) is 0 Å². The fourth-order valence-corrected chi connectivity index (χ4v) is 2.45. The van der Waals surface area contributed by atoms with E-state index in [0.29, 0.717) is 0 Å². The number of aryl methyl sites for hydroxylation is 1. The molecule has 1 N–H and O–H groups in total. The number of aromatic nitrogens is 1. The summed E-state index contributed by atoms with van der Waals surface area (Å²) in [7, 11) is 0. The Balaban J connectivity index is 2.88. The molecule has 0 saturated carbocycles. The monoisotopic (exact) mass is 291 g/mol. The fourth-order valence-electron chi connectivity index (χ4n) is 2.45. The predicted octanol–water partition coefficient (Wildman–Crippen LogP) is 4.30. The van der Waals surface area contributed by atoms with Gasteiger partial charge < -0.3 is 10.2 Å². The van der Waals surface area contributed by atoms with Crippen LogP contribution in [-0.2, 0) is 6.54 Å². The van der Waals surface area contributed by atoms with Crippen LogP contribution in [-0.4, -0.2) is 24.6 Å². The van der Waals surface area contributed by atoms with Gasteiger partial charge in [-0.1, -0.05) is 33.6 Å². The molecule has 0 unspecified atom stereocenters. The van der Waals surface area contributed by atoms with Crippen molar-refractivity contribution in [2.45, 2.75) is 66.3 Å². The lowest BCUT2D eigenvalue weighted by Crippen LogP contribution is -2.28. The SMILES string of the molecule is CCCCN(CCCC)c1cc(C)ncc1CNCCC. The molecule has 3 heteroatoms. The molecular weight excluding hydrogens is 258 g/mol. The highest BCUT2D eigenvalue weighted by atomic mass is 15.1. The Labute approximate surface area is 131 Å². The Kier molecular flexibility index (Phi) is 9.07. The molecule has 0 bridgehead atoms. The molecule has 1 rings (SSSR count). The summed E-state index contributed by atoms with van der Waals surface area (Å²) in [6.45, 7) is 13.1. The third-order valence-electron chi connectivity index (χ3n) is 3.74. The van der Waals surface area contributed by atoms with Gasteiger partial charge in [0.1, 0.15) is 0 Å². The summed E-state index contributed by atoms with van der Waals surface area (Å²) in [5, 5.41) is 3.51. The minimum absolute atomic E-state index is 0.922. The molecule has 0 aliphatic rings. The van der Waals surface area contributed by atoms with Gasteiger partial charge in [-0.05, 0) is 38.8 Å². The van der Waals surface area contributed by atoms with Crippen LogP contribution >= 0.6 is 0 Å². The molecule has 0 aromatic carbocycles. The van der Waals surface area contributed by atoms with Crippen LogP contribution in [0.5, 0.6) is 0 Å². The second-order valence-corrected chi connectivity index (χ2v) is 5.83. The van der Waals surface area contributed by atoms with Crippen molar-refractivity contribution in [1.29, 1.82) is 0 Å². The van der Waals surface area contributed by atoms with Crippen molar-refractivity contribution in [3.63, 3.8) is 0 Å². The topological polar surface area (TPSA) is 28.2 Å². The first-order valence-corrected chi connectivity index (χ1v) is 8.64. The molecule has 0 spiro atoms. The van der Waals surface area contributed by atoms with E-state index in [1.54, 1.807) is 0 Å². The molecule has 0 saturated heterocycles. The largest absolute Gasteiger partial charge is 0.371 e. The summed E-state index contributed by atoms with van der Waals surface area (Å²) in [6, 6.07) is 2.26. The van der Waals surface area contributed by atoms with Gasteiger partial charge in [0, 0.05) is 42.8 Å². The van der Waals surface area contributed by atoms with Crippen LogP contribution in [0.3, 0.4) is 0 Å². The Morgan fingerprint density at radius 1 is 1.05 bits per heavy atom. The van der Waals surface area contributed by atoms with Crippen LogP contribution in [0.2, 0.25) is 0 Å². The van der Waals surface area contributed by atoms with Crippen LogP contribution in [0.1, 0.15) is 64.1 Å². The van der Waals surface area contributed by atoms with E-state index in [-0.39, 0.29) is 0 Å².